The van der Waals surface area contributed by atoms with Crippen LogP contribution in [0.1, 0.15) is 115 Å². The van der Waals surface area contributed by atoms with Crippen molar-refractivity contribution in [3.8, 4) is 17.1 Å². The molecule has 7 rings (SSSR count). The molecule has 1 aromatic carbocycles. The molecule has 6 heteroatoms. The van der Waals surface area contributed by atoms with E-state index in [4.69, 9.17) is 9.15 Å². The van der Waals surface area contributed by atoms with Gasteiger partial charge in [0.05, 0.1) is 17.2 Å². The van der Waals surface area contributed by atoms with Crippen LogP contribution in [0, 0.1) is 5.92 Å². The number of rotatable bonds is 9. The third-order valence-electron chi connectivity index (χ3n) is 11.5. The van der Waals surface area contributed by atoms with E-state index in [0.29, 0.717) is 23.0 Å². The van der Waals surface area contributed by atoms with Crippen LogP contribution in [0.2, 0.25) is 0 Å². The van der Waals surface area contributed by atoms with Crippen LogP contribution in [0.5, 0.6) is 5.75 Å². The Morgan fingerprint density at radius 1 is 0.820 bits per heavy atom. The Morgan fingerprint density at radius 2 is 1.50 bits per heavy atom. The molecule has 0 spiro atoms. The first-order valence-corrected chi connectivity index (χ1v) is 19.3. The predicted octanol–water partition coefficient (Wildman–Crippen LogP) is 9.81. The number of aliphatic hydroxyl groups is 1. The van der Waals surface area contributed by atoms with Gasteiger partial charge in [0.15, 0.2) is 0 Å². The van der Waals surface area contributed by atoms with Crippen LogP contribution in [-0.2, 0) is 4.79 Å². The molecule has 4 aliphatic carbocycles. The summed E-state index contributed by atoms with van der Waals surface area (Å²) in [4.78, 5) is 16.2. The summed E-state index contributed by atoms with van der Waals surface area (Å²) in [6.45, 7) is 12.3. The normalized spacial score (nSPS) is 20.2. The second-order valence-electron chi connectivity index (χ2n) is 14.4. The Kier molecular flexibility index (Phi) is 10.2. The minimum Gasteiger partial charge on any atom is -0.506 e. The number of benzene rings is 2. The van der Waals surface area contributed by atoms with E-state index in [2.05, 4.69) is 85.7 Å². The van der Waals surface area contributed by atoms with E-state index in [0.717, 1.165) is 108 Å². The molecule has 0 saturated heterocycles. The number of hydrogen-bond acceptors (Lipinski definition) is 5. The molecule has 6 nitrogen and oxygen atoms in total. The molecule has 0 amide bonds. The molecule has 1 N–H and O–H groups in total. The van der Waals surface area contributed by atoms with Crippen molar-refractivity contribution in [1.82, 2.24) is 4.58 Å². The Balaban J connectivity index is 1.30. The summed E-state index contributed by atoms with van der Waals surface area (Å²) >= 11 is 0. The Bertz CT molecular complexity index is 1920. The standard InChI is InChI=1S/C44H52N2O4/c1-5-45(6-2)33-19-21-35-31(25-39(49-41(35)27-33)29-15-11-9-12-16-29)23-37-43(47)38(44(37)48)24-32-26-40(30-17-13-10-14-18-30)50-42-28-34(20-22-36(32)42)46(7-3)8-4/h19-30H,5-18H2,1-4H3/p+1. The van der Waals surface area contributed by atoms with Crippen LogP contribution < -0.4 is 19.6 Å². The molecule has 2 heterocycles. The van der Waals surface area contributed by atoms with Gasteiger partial charge in [-0.05, 0) is 107 Å². The number of carbonyl (C=O) groups is 1. The molecule has 0 unspecified atom stereocenters. The maximum absolute atomic E-state index is 13.9. The highest BCUT2D eigenvalue weighted by atomic mass is 16.5. The van der Waals surface area contributed by atoms with E-state index in [1.807, 2.05) is 12.2 Å². The summed E-state index contributed by atoms with van der Waals surface area (Å²) in [6.07, 6.45) is 17.7. The SMILES string of the molecule is CCN(CC)c1ccc2c(c1)OC(C1CCCCC1)=CC2=CC1=C(O)C(=Cc2cc(C3CCCCC3)oc3cc(=[N+](CC)CC)ccc2-3)C1=O. The lowest BCUT2D eigenvalue weighted by Gasteiger charge is -2.30. The number of anilines is 1. The van der Waals surface area contributed by atoms with Crippen LogP contribution in [0.25, 0.3) is 23.0 Å². The summed E-state index contributed by atoms with van der Waals surface area (Å²) in [6, 6.07) is 14.8. The molecule has 0 radical (unpaired) electrons. The highest BCUT2D eigenvalue weighted by molar-refractivity contribution is 6.24. The molecule has 1 aromatic rings. The first-order valence-electron chi connectivity index (χ1n) is 19.3. The lowest BCUT2D eigenvalue weighted by Crippen LogP contribution is -2.29. The number of Topliss-reactive ketones (excluding diaryl/α,β-unsaturated/α-hetero) is 1. The van der Waals surface area contributed by atoms with Crippen molar-refractivity contribution < 1.29 is 19.1 Å². The number of aliphatic hydroxyl groups excluding tert-OH is 1. The van der Waals surface area contributed by atoms with E-state index >= 15 is 0 Å². The second kappa shape index (κ2) is 14.9. The highest BCUT2D eigenvalue weighted by Gasteiger charge is 2.34. The molecule has 0 bridgehead atoms. The zero-order valence-corrected chi connectivity index (χ0v) is 30.4. The van der Waals surface area contributed by atoms with E-state index in [1.54, 1.807) is 0 Å². The molecule has 6 aliphatic rings. The van der Waals surface area contributed by atoms with Gasteiger partial charge in [-0.2, -0.15) is 0 Å². The average Bonchev–Trinajstić information content (AvgIpc) is 3.17. The molecule has 2 saturated carbocycles. The maximum atomic E-state index is 13.9. The van der Waals surface area contributed by atoms with E-state index < -0.39 is 0 Å². The zero-order valence-electron chi connectivity index (χ0n) is 30.4. The fourth-order valence-corrected chi connectivity index (χ4v) is 8.45. The Morgan fingerprint density at radius 3 is 2.16 bits per heavy atom. The average molecular weight is 674 g/mol. The van der Waals surface area contributed by atoms with Gasteiger partial charge in [-0.25, -0.2) is 4.58 Å². The lowest BCUT2D eigenvalue weighted by molar-refractivity contribution is -0.113. The van der Waals surface area contributed by atoms with E-state index in [9.17, 15) is 9.90 Å². The predicted molar refractivity (Wildman–Crippen MR) is 203 cm³/mol. The Hall–Kier alpha value is -4.32. The zero-order chi connectivity index (χ0) is 34.8. The van der Waals surface area contributed by atoms with Crippen molar-refractivity contribution in [3.05, 3.63) is 99.5 Å². The molecule has 2 fully saturated rings. The van der Waals surface area contributed by atoms with Crippen LogP contribution >= 0.6 is 0 Å². The minimum atomic E-state index is -0.136. The summed E-state index contributed by atoms with van der Waals surface area (Å²) in [7, 11) is 0. The molecule has 50 heavy (non-hydrogen) atoms. The number of ketones is 1. The van der Waals surface area contributed by atoms with Gasteiger partial charge < -0.3 is 19.2 Å². The number of nitrogens with zero attached hydrogens (tertiary/aromatic N) is 2. The quantitative estimate of drug-likeness (QED) is 0.181. The molecule has 0 aromatic heterocycles. The van der Waals surface area contributed by atoms with Crippen LogP contribution in [-0.4, -0.2) is 37.1 Å². The van der Waals surface area contributed by atoms with Crippen molar-refractivity contribution in [1.29, 1.82) is 0 Å². The number of hydrogen-bond donors (Lipinski definition) is 1. The second-order valence-corrected chi connectivity index (χ2v) is 14.4. The molecule has 262 valence electrons. The highest BCUT2D eigenvalue weighted by Crippen LogP contribution is 2.44. The number of ether oxygens (including phenoxy) is 1. The first-order chi connectivity index (χ1) is 24.4. The monoisotopic (exact) mass is 673 g/mol. The van der Waals surface area contributed by atoms with Gasteiger partial charge in [-0.15, -0.1) is 0 Å². The van der Waals surface area contributed by atoms with Crippen LogP contribution in [0.3, 0.4) is 0 Å². The van der Waals surface area contributed by atoms with E-state index in [-0.39, 0.29) is 11.5 Å². The number of allylic oxidation sites excluding steroid dienone is 6. The smallest absolute Gasteiger partial charge is 0.203 e. The molecular formula is C44H53N2O4+. The minimum absolute atomic E-state index is 0.0517. The van der Waals surface area contributed by atoms with Crippen molar-refractivity contribution in [3.63, 3.8) is 0 Å². The summed E-state index contributed by atoms with van der Waals surface area (Å²) in [5.74, 6) is 4.24. The summed E-state index contributed by atoms with van der Waals surface area (Å²) in [5, 5.41) is 12.6. The largest absolute Gasteiger partial charge is 0.506 e. The van der Waals surface area contributed by atoms with Gasteiger partial charge in [0, 0.05) is 53.9 Å². The fraction of sp³-hybridized carbons (Fsp3) is 0.455. The summed E-state index contributed by atoms with van der Waals surface area (Å²) < 4.78 is 15.5. The first kappa shape index (κ1) is 34.1. The molecule has 0 atom stereocenters. The van der Waals surface area contributed by atoms with Crippen molar-refractivity contribution in [2.45, 2.75) is 97.8 Å². The van der Waals surface area contributed by atoms with Gasteiger partial charge in [0.25, 0.3) is 0 Å². The molecule has 2 aliphatic heterocycles. The maximum Gasteiger partial charge on any atom is 0.203 e. The van der Waals surface area contributed by atoms with Gasteiger partial charge in [-0.1, -0.05) is 38.5 Å². The van der Waals surface area contributed by atoms with Gasteiger partial charge in [-0.3, -0.25) is 4.79 Å². The van der Waals surface area contributed by atoms with Crippen molar-refractivity contribution in [2.75, 3.05) is 31.1 Å². The topological polar surface area (TPSA) is 65.9 Å². The number of carbonyl (C=O) groups excluding carboxylic acids is 1. The summed E-state index contributed by atoms with van der Waals surface area (Å²) in [5.41, 5.74) is 5.56. The number of fused-ring (bicyclic) bond motifs is 2. The van der Waals surface area contributed by atoms with Gasteiger partial charge >= 0.3 is 0 Å². The lowest BCUT2D eigenvalue weighted by atomic mass is 9.82. The fourth-order valence-electron chi connectivity index (χ4n) is 8.45. The third kappa shape index (κ3) is 6.61. The van der Waals surface area contributed by atoms with Crippen molar-refractivity contribution in [2.24, 2.45) is 5.92 Å². The third-order valence-corrected chi connectivity index (χ3v) is 11.5. The van der Waals surface area contributed by atoms with Crippen molar-refractivity contribution >= 4 is 23.1 Å². The van der Waals surface area contributed by atoms with Crippen LogP contribution in [0.4, 0.5) is 5.69 Å². The molecular weight excluding hydrogens is 620 g/mol. The van der Waals surface area contributed by atoms with Gasteiger partial charge in [0.2, 0.25) is 11.1 Å². The Labute approximate surface area is 297 Å². The van der Waals surface area contributed by atoms with Gasteiger partial charge in [0.1, 0.15) is 41.9 Å². The van der Waals surface area contributed by atoms with E-state index in [1.165, 1.54) is 38.5 Å². The van der Waals surface area contributed by atoms with Crippen LogP contribution in [0.15, 0.2) is 81.7 Å².